The van der Waals surface area contributed by atoms with Crippen LogP contribution in [0.15, 0.2) is 72.8 Å². The van der Waals surface area contributed by atoms with Crippen molar-refractivity contribution >= 4 is 28.9 Å². The van der Waals surface area contributed by atoms with Crippen molar-refractivity contribution in [3.63, 3.8) is 0 Å². The largest absolute Gasteiger partial charge is 0.378 e. The number of carbonyl (C=O) groups is 2. The van der Waals surface area contributed by atoms with Gasteiger partial charge in [-0.25, -0.2) is 0 Å². The normalized spacial score (nSPS) is 12.8. The standard InChI is InChI=1S/C25H25N3O2/c1-27(2)22-12-6-10-20(16-22)24(29)26-21-14-13-18-11-7-15-28(23(18)17-21)25(30)19-8-4-3-5-9-19/h3-6,8-10,12-14,16-17H,7,11,15H2,1-2H3,(H,26,29). The monoisotopic (exact) mass is 399 g/mol. The average Bonchev–Trinajstić information content (AvgIpc) is 2.78. The minimum absolute atomic E-state index is 0.0151. The van der Waals surface area contributed by atoms with Crippen molar-refractivity contribution in [2.45, 2.75) is 12.8 Å². The Morgan fingerprint density at radius 2 is 1.67 bits per heavy atom. The van der Waals surface area contributed by atoms with Crippen LogP contribution in [0, 0.1) is 0 Å². The second-order valence-corrected chi connectivity index (χ2v) is 7.67. The Bertz CT molecular complexity index is 1080. The zero-order chi connectivity index (χ0) is 21.1. The van der Waals surface area contributed by atoms with Crippen LogP contribution in [-0.2, 0) is 6.42 Å². The van der Waals surface area contributed by atoms with E-state index >= 15 is 0 Å². The van der Waals surface area contributed by atoms with Gasteiger partial charge in [0.15, 0.2) is 0 Å². The Morgan fingerprint density at radius 3 is 2.43 bits per heavy atom. The Hall–Kier alpha value is -3.60. The van der Waals surface area contributed by atoms with E-state index in [1.165, 1.54) is 0 Å². The minimum atomic E-state index is -0.171. The highest BCUT2D eigenvalue weighted by Crippen LogP contribution is 2.31. The third kappa shape index (κ3) is 4.06. The van der Waals surface area contributed by atoms with Gasteiger partial charge < -0.3 is 15.1 Å². The molecule has 3 aromatic rings. The van der Waals surface area contributed by atoms with Crippen molar-refractivity contribution in [3.8, 4) is 0 Å². The van der Waals surface area contributed by atoms with Gasteiger partial charge in [-0.15, -0.1) is 0 Å². The van der Waals surface area contributed by atoms with Crippen LogP contribution in [0.25, 0.3) is 0 Å². The minimum Gasteiger partial charge on any atom is -0.378 e. The fourth-order valence-corrected chi connectivity index (χ4v) is 3.73. The summed E-state index contributed by atoms with van der Waals surface area (Å²) in [6, 6.07) is 22.6. The number of amides is 2. The topological polar surface area (TPSA) is 52.7 Å². The van der Waals surface area contributed by atoms with Crippen molar-refractivity contribution < 1.29 is 9.59 Å². The summed E-state index contributed by atoms with van der Waals surface area (Å²) in [6.45, 7) is 0.670. The first-order valence-electron chi connectivity index (χ1n) is 10.1. The van der Waals surface area contributed by atoms with Crippen LogP contribution in [0.5, 0.6) is 0 Å². The quantitative estimate of drug-likeness (QED) is 0.698. The van der Waals surface area contributed by atoms with Gasteiger partial charge in [0.05, 0.1) is 0 Å². The molecule has 1 heterocycles. The van der Waals surface area contributed by atoms with E-state index in [-0.39, 0.29) is 11.8 Å². The third-order valence-electron chi connectivity index (χ3n) is 5.35. The van der Waals surface area contributed by atoms with Crippen LogP contribution in [0.2, 0.25) is 0 Å². The number of nitrogens with one attached hydrogen (secondary N) is 1. The second-order valence-electron chi connectivity index (χ2n) is 7.67. The van der Waals surface area contributed by atoms with Gasteiger partial charge in [0.1, 0.15) is 0 Å². The summed E-state index contributed by atoms with van der Waals surface area (Å²) < 4.78 is 0. The Kier molecular flexibility index (Phi) is 5.53. The molecule has 1 N–H and O–H groups in total. The number of aryl methyl sites for hydroxylation is 1. The predicted octanol–water partition coefficient (Wildman–Crippen LogP) is 4.60. The Balaban J connectivity index is 1.59. The number of anilines is 3. The molecule has 0 fully saturated rings. The van der Waals surface area contributed by atoms with E-state index in [2.05, 4.69) is 5.32 Å². The number of rotatable bonds is 4. The molecule has 5 nitrogen and oxygen atoms in total. The number of fused-ring (bicyclic) bond motifs is 1. The first kappa shape index (κ1) is 19.7. The smallest absolute Gasteiger partial charge is 0.258 e. The molecule has 1 aliphatic rings. The third-order valence-corrected chi connectivity index (χ3v) is 5.35. The number of carbonyl (C=O) groups excluding carboxylic acids is 2. The molecule has 0 aliphatic carbocycles. The van der Waals surface area contributed by atoms with Crippen molar-refractivity contribution in [2.75, 3.05) is 35.8 Å². The molecule has 0 atom stereocenters. The van der Waals surface area contributed by atoms with E-state index in [1.807, 2.05) is 90.6 Å². The molecule has 152 valence electrons. The molecule has 2 amide bonds. The molecule has 4 rings (SSSR count). The maximum Gasteiger partial charge on any atom is 0.258 e. The number of nitrogens with zero attached hydrogens (tertiary/aromatic N) is 2. The van der Waals surface area contributed by atoms with E-state index < -0.39 is 0 Å². The Labute approximate surface area is 176 Å². The summed E-state index contributed by atoms with van der Waals surface area (Å²) in [6.07, 6.45) is 1.85. The molecule has 0 radical (unpaired) electrons. The van der Waals surface area contributed by atoms with Gasteiger partial charge in [0.2, 0.25) is 0 Å². The van der Waals surface area contributed by atoms with Gasteiger partial charge in [0.25, 0.3) is 11.8 Å². The molecular weight excluding hydrogens is 374 g/mol. The van der Waals surface area contributed by atoms with Gasteiger partial charge in [-0.05, 0) is 60.9 Å². The lowest BCUT2D eigenvalue weighted by atomic mass is 10.00. The van der Waals surface area contributed by atoms with Gasteiger partial charge in [0, 0.05) is 48.8 Å². The summed E-state index contributed by atoms with van der Waals surface area (Å²) in [4.78, 5) is 29.6. The van der Waals surface area contributed by atoms with Crippen LogP contribution < -0.4 is 15.1 Å². The molecule has 3 aromatic carbocycles. The van der Waals surface area contributed by atoms with Crippen LogP contribution in [0.1, 0.15) is 32.7 Å². The second kappa shape index (κ2) is 8.41. The average molecular weight is 399 g/mol. The lowest BCUT2D eigenvalue weighted by Crippen LogP contribution is -2.35. The predicted molar refractivity (Wildman–Crippen MR) is 122 cm³/mol. The van der Waals surface area contributed by atoms with Crippen LogP contribution in [0.4, 0.5) is 17.1 Å². The van der Waals surface area contributed by atoms with Crippen LogP contribution >= 0.6 is 0 Å². The summed E-state index contributed by atoms with van der Waals surface area (Å²) in [5.41, 5.74) is 4.90. The summed E-state index contributed by atoms with van der Waals surface area (Å²) >= 11 is 0. The zero-order valence-electron chi connectivity index (χ0n) is 17.3. The molecule has 0 saturated heterocycles. The highest BCUT2D eigenvalue weighted by molar-refractivity contribution is 6.08. The lowest BCUT2D eigenvalue weighted by molar-refractivity contribution is 0.0984. The fourth-order valence-electron chi connectivity index (χ4n) is 3.73. The van der Waals surface area contributed by atoms with E-state index in [0.29, 0.717) is 23.4 Å². The SMILES string of the molecule is CN(C)c1cccc(C(=O)Nc2ccc3c(c2)N(C(=O)c2ccccc2)CCC3)c1. The van der Waals surface area contributed by atoms with E-state index in [0.717, 1.165) is 29.8 Å². The molecule has 0 unspecified atom stereocenters. The number of benzene rings is 3. The molecule has 0 aromatic heterocycles. The first-order chi connectivity index (χ1) is 14.5. The Morgan fingerprint density at radius 1 is 0.900 bits per heavy atom. The zero-order valence-corrected chi connectivity index (χ0v) is 17.3. The van der Waals surface area contributed by atoms with Gasteiger partial charge in [-0.3, -0.25) is 9.59 Å². The molecule has 30 heavy (non-hydrogen) atoms. The maximum atomic E-state index is 13.1. The van der Waals surface area contributed by atoms with Crippen molar-refractivity contribution in [1.29, 1.82) is 0 Å². The molecule has 0 bridgehead atoms. The van der Waals surface area contributed by atoms with Crippen LogP contribution in [-0.4, -0.2) is 32.5 Å². The maximum absolute atomic E-state index is 13.1. The van der Waals surface area contributed by atoms with Crippen molar-refractivity contribution in [1.82, 2.24) is 0 Å². The highest BCUT2D eigenvalue weighted by atomic mass is 16.2. The summed E-state index contributed by atoms with van der Waals surface area (Å²) in [5, 5.41) is 2.98. The molecule has 5 heteroatoms. The van der Waals surface area contributed by atoms with Crippen molar-refractivity contribution in [3.05, 3.63) is 89.5 Å². The number of hydrogen-bond donors (Lipinski definition) is 1. The first-order valence-corrected chi connectivity index (χ1v) is 10.1. The molecule has 1 aliphatic heterocycles. The van der Waals surface area contributed by atoms with Gasteiger partial charge >= 0.3 is 0 Å². The molecule has 0 saturated carbocycles. The number of hydrogen-bond acceptors (Lipinski definition) is 3. The summed E-state index contributed by atoms with van der Waals surface area (Å²) in [5.74, 6) is -0.186. The molecule has 0 spiro atoms. The highest BCUT2D eigenvalue weighted by Gasteiger charge is 2.24. The summed E-state index contributed by atoms with van der Waals surface area (Å²) in [7, 11) is 3.89. The van der Waals surface area contributed by atoms with Crippen molar-refractivity contribution in [2.24, 2.45) is 0 Å². The van der Waals surface area contributed by atoms with E-state index in [9.17, 15) is 9.59 Å². The van der Waals surface area contributed by atoms with E-state index in [1.54, 1.807) is 6.07 Å². The van der Waals surface area contributed by atoms with Gasteiger partial charge in [-0.1, -0.05) is 30.3 Å². The lowest BCUT2D eigenvalue weighted by Gasteiger charge is -2.30. The van der Waals surface area contributed by atoms with E-state index in [4.69, 9.17) is 0 Å². The fraction of sp³-hybridized carbons (Fsp3) is 0.200. The van der Waals surface area contributed by atoms with Crippen LogP contribution in [0.3, 0.4) is 0 Å². The molecular formula is C25H25N3O2. The van der Waals surface area contributed by atoms with Gasteiger partial charge in [-0.2, -0.15) is 0 Å².